The molecule has 0 N–H and O–H groups in total. The topological polar surface area (TPSA) is 0 Å². The molecule has 0 aliphatic carbocycles. The van der Waals surface area contributed by atoms with Gasteiger partial charge in [-0.1, -0.05) is 43.3 Å². The summed E-state index contributed by atoms with van der Waals surface area (Å²) in [7, 11) is 0. The molecule has 0 saturated carbocycles. The van der Waals surface area contributed by atoms with Crippen LogP contribution >= 0.6 is 11.3 Å². The second kappa shape index (κ2) is 3.35. The molecule has 74 valence electrons. The molecule has 0 radical (unpaired) electrons. The van der Waals surface area contributed by atoms with Gasteiger partial charge < -0.3 is 0 Å². The SMILES string of the molecule is CCc1cccc2c1sc1ccccc12. The van der Waals surface area contributed by atoms with Crippen LogP contribution in [0.4, 0.5) is 0 Å². The highest BCUT2D eigenvalue weighted by Gasteiger charge is 2.06. The van der Waals surface area contributed by atoms with Crippen LogP contribution in [0.5, 0.6) is 0 Å². The normalized spacial score (nSPS) is 11.3. The van der Waals surface area contributed by atoms with Crippen molar-refractivity contribution in [2.75, 3.05) is 0 Å². The smallest absolute Gasteiger partial charge is 0.0387 e. The van der Waals surface area contributed by atoms with Crippen LogP contribution in [0.3, 0.4) is 0 Å². The molecule has 2 aromatic carbocycles. The molecule has 0 saturated heterocycles. The fourth-order valence-corrected chi connectivity index (χ4v) is 3.37. The van der Waals surface area contributed by atoms with Crippen molar-refractivity contribution in [2.45, 2.75) is 13.3 Å². The molecule has 3 aromatic rings. The second-order valence-electron chi connectivity index (χ2n) is 3.75. The molecular weight excluding hydrogens is 200 g/mol. The van der Waals surface area contributed by atoms with Crippen LogP contribution in [0.2, 0.25) is 0 Å². The summed E-state index contributed by atoms with van der Waals surface area (Å²) in [4.78, 5) is 0. The molecule has 1 heteroatoms. The highest BCUT2D eigenvalue weighted by atomic mass is 32.1. The van der Waals surface area contributed by atoms with E-state index in [0.29, 0.717) is 0 Å². The van der Waals surface area contributed by atoms with Gasteiger partial charge in [0.1, 0.15) is 0 Å². The van der Waals surface area contributed by atoms with Gasteiger partial charge in [-0.25, -0.2) is 0 Å². The number of hydrogen-bond donors (Lipinski definition) is 0. The third kappa shape index (κ3) is 1.27. The summed E-state index contributed by atoms with van der Waals surface area (Å²) in [5.41, 5.74) is 1.47. The standard InChI is InChI=1S/C14H12S/c1-2-10-6-5-8-12-11-7-3-4-9-13(11)15-14(10)12/h3-9H,2H2,1H3. The monoisotopic (exact) mass is 212 g/mol. The first-order valence-electron chi connectivity index (χ1n) is 5.29. The van der Waals surface area contributed by atoms with E-state index in [1.54, 1.807) is 0 Å². The highest BCUT2D eigenvalue weighted by Crippen LogP contribution is 2.35. The largest absolute Gasteiger partial charge is 0.135 e. The van der Waals surface area contributed by atoms with Crippen molar-refractivity contribution in [3.63, 3.8) is 0 Å². The van der Waals surface area contributed by atoms with Gasteiger partial charge in [0, 0.05) is 20.2 Å². The molecule has 0 amide bonds. The summed E-state index contributed by atoms with van der Waals surface area (Å²) in [6.07, 6.45) is 1.12. The van der Waals surface area contributed by atoms with E-state index < -0.39 is 0 Å². The number of rotatable bonds is 1. The van der Waals surface area contributed by atoms with Crippen LogP contribution in [0.25, 0.3) is 20.2 Å². The Morgan fingerprint density at radius 2 is 1.73 bits per heavy atom. The zero-order valence-electron chi connectivity index (χ0n) is 8.66. The van der Waals surface area contributed by atoms with E-state index in [0.717, 1.165) is 6.42 Å². The minimum atomic E-state index is 1.12. The molecule has 1 heterocycles. The van der Waals surface area contributed by atoms with Crippen molar-refractivity contribution >= 4 is 31.5 Å². The summed E-state index contributed by atoms with van der Waals surface area (Å²) in [5, 5.41) is 2.81. The molecule has 0 atom stereocenters. The average molecular weight is 212 g/mol. The van der Waals surface area contributed by atoms with Gasteiger partial charge in [-0.05, 0) is 18.1 Å². The molecule has 0 aliphatic heterocycles. The number of hydrogen-bond acceptors (Lipinski definition) is 1. The Labute approximate surface area is 93.2 Å². The zero-order valence-corrected chi connectivity index (χ0v) is 9.47. The second-order valence-corrected chi connectivity index (χ2v) is 4.80. The minimum absolute atomic E-state index is 1.12. The zero-order chi connectivity index (χ0) is 10.3. The predicted molar refractivity (Wildman–Crippen MR) is 68.7 cm³/mol. The number of fused-ring (bicyclic) bond motifs is 3. The summed E-state index contributed by atoms with van der Waals surface area (Å²) in [6.45, 7) is 2.22. The lowest BCUT2D eigenvalue weighted by Gasteiger charge is -1.97. The molecule has 3 rings (SSSR count). The Morgan fingerprint density at radius 3 is 2.60 bits per heavy atom. The Bertz CT molecular complexity index is 619. The third-order valence-corrected chi connectivity index (χ3v) is 4.13. The lowest BCUT2D eigenvalue weighted by Crippen LogP contribution is -1.77. The maximum atomic E-state index is 2.23. The fourth-order valence-electron chi connectivity index (χ4n) is 2.08. The first-order valence-corrected chi connectivity index (χ1v) is 6.11. The van der Waals surface area contributed by atoms with Gasteiger partial charge in [0.05, 0.1) is 0 Å². The molecule has 0 nitrogen and oxygen atoms in total. The van der Waals surface area contributed by atoms with E-state index in [1.807, 2.05) is 11.3 Å². The first-order chi connectivity index (χ1) is 7.40. The van der Waals surface area contributed by atoms with Gasteiger partial charge >= 0.3 is 0 Å². The lowest BCUT2D eigenvalue weighted by atomic mass is 10.1. The van der Waals surface area contributed by atoms with E-state index in [9.17, 15) is 0 Å². The number of thiophene rings is 1. The Balaban J connectivity index is 2.53. The van der Waals surface area contributed by atoms with Gasteiger partial charge in [0.15, 0.2) is 0 Å². The summed E-state index contributed by atoms with van der Waals surface area (Å²) >= 11 is 1.91. The number of aryl methyl sites for hydroxylation is 1. The average Bonchev–Trinajstić information content (AvgIpc) is 2.67. The van der Waals surface area contributed by atoms with Gasteiger partial charge in [0.25, 0.3) is 0 Å². The van der Waals surface area contributed by atoms with Crippen molar-refractivity contribution < 1.29 is 0 Å². The van der Waals surface area contributed by atoms with Crippen LogP contribution < -0.4 is 0 Å². The predicted octanol–water partition coefficient (Wildman–Crippen LogP) is 4.62. The van der Waals surface area contributed by atoms with Crippen molar-refractivity contribution in [1.29, 1.82) is 0 Å². The third-order valence-electron chi connectivity index (χ3n) is 2.87. The highest BCUT2D eigenvalue weighted by molar-refractivity contribution is 7.26. The van der Waals surface area contributed by atoms with Crippen molar-refractivity contribution in [2.24, 2.45) is 0 Å². The molecule has 0 aliphatic rings. The summed E-state index contributed by atoms with van der Waals surface area (Å²) < 4.78 is 2.86. The van der Waals surface area contributed by atoms with Crippen molar-refractivity contribution in [1.82, 2.24) is 0 Å². The van der Waals surface area contributed by atoms with Crippen LogP contribution in [0, 0.1) is 0 Å². The van der Waals surface area contributed by atoms with E-state index in [1.165, 1.54) is 25.7 Å². The van der Waals surface area contributed by atoms with Crippen LogP contribution in [0.15, 0.2) is 42.5 Å². The summed E-state index contributed by atoms with van der Waals surface area (Å²) in [6, 6.07) is 15.3. The molecular formula is C14H12S. The minimum Gasteiger partial charge on any atom is -0.135 e. The van der Waals surface area contributed by atoms with Crippen LogP contribution in [0.1, 0.15) is 12.5 Å². The molecule has 0 bridgehead atoms. The Kier molecular flexibility index (Phi) is 2.00. The first kappa shape index (κ1) is 8.93. The number of benzene rings is 2. The molecule has 0 spiro atoms. The summed E-state index contributed by atoms with van der Waals surface area (Å²) in [5.74, 6) is 0. The molecule has 0 fully saturated rings. The van der Waals surface area contributed by atoms with E-state index in [2.05, 4.69) is 49.4 Å². The molecule has 1 aromatic heterocycles. The van der Waals surface area contributed by atoms with E-state index in [4.69, 9.17) is 0 Å². The van der Waals surface area contributed by atoms with Crippen molar-refractivity contribution in [3.05, 3.63) is 48.0 Å². The van der Waals surface area contributed by atoms with E-state index in [-0.39, 0.29) is 0 Å². The fraction of sp³-hybridized carbons (Fsp3) is 0.143. The maximum absolute atomic E-state index is 2.23. The molecule has 0 unspecified atom stereocenters. The molecule has 15 heavy (non-hydrogen) atoms. The van der Waals surface area contributed by atoms with Gasteiger partial charge in [-0.3, -0.25) is 0 Å². The van der Waals surface area contributed by atoms with Gasteiger partial charge in [-0.15, -0.1) is 11.3 Å². The quantitative estimate of drug-likeness (QED) is 0.552. The Morgan fingerprint density at radius 1 is 0.933 bits per heavy atom. The van der Waals surface area contributed by atoms with Crippen molar-refractivity contribution in [3.8, 4) is 0 Å². The van der Waals surface area contributed by atoms with E-state index >= 15 is 0 Å². The Hall–Kier alpha value is -1.34. The lowest BCUT2D eigenvalue weighted by molar-refractivity contribution is 1.16. The van der Waals surface area contributed by atoms with Gasteiger partial charge in [0.2, 0.25) is 0 Å². The maximum Gasteiger partial charge on any atom is 0.0387 e. The van der Waals surface area contributed by atoms with Gasteiger partial charge in [-0.2, -0.15) is 0 Å². The van der Waals surface area contributed by atoms with Crippen LogP contribution in [-0.2, 0) is 6.42 Å². The van der Waals surface area contributed by atoms with Crippen LogP contribution in [-0.4, -0.2) is 0 Å².